The first-order chi connectivity index (χ1) is 7.74. The molecule has 16 heavy (non-hydrogen) atoms. The summed E-state index contributed by atoms with van der Waals surface area (Å²) in [5.74, 6) is -1.13. The molecule has 0 atom stereocenters. The van der Waals surface area contributed by atoms with E-state index in [1.165, 1.54) is 12.1 Å². The summed E-state index contributed by atoms with van der Waals surface area (Å²) in [6.45, 7) is 1.15. The molecule has 2 nitrogen and oxygen atoms in total. The van der Waals surface area contributed by atoms with E-state index < -0.39 is 11.6 Å². The Balaban J connectivity index is 2.21. The highest BCUT2D eigenvalue weighted by atomic mass is 19.1. The highest BCUT2D eigenvalue weighted by Crippen LogP contribution is 2.17. The first-order valence-electron chi connectivity index (χ1n) is 5.52. The van der Waals surface area contributed by atoms with Crippen molar-refractivity contribution in [1.29, 1.82) is 0 Å². The molecule has 0 heterocycles. The molecule has 0 aliphatic heterocycles. The fraction of sp³-hybridized carbons (Fsp3) is 0.500. The number of ether oxygens (including phenoxy) is 1. The molecule has 0 fully saturated rings. The fourth-order valence-electron chi connectivity index (χ4n) is 1.37. The SMILES string of the molecule is NCCCCCCOc1ccc(F)cc1F. The molecule has 90 valence electrons. The van der Waals surface area contributed by atoms with Crippen LogP contribution >= 0.6 is 0 Å². The van der Waals surface area contributed by atoms with Crippen LogP contribution in [0.15, 0.2) is 18.2 Å². The van der Waals surface area contributed by atoms with Gasteiger partial charge in [-0.25, -0.2) is 8.78 Å². The zero-order valence-corrected chi connectivity index (χ0v) is 9.22. The van der Waals surface area contributed by atoms with Gasteiger partial charge in [-0.05, 0) is 31.5 Å². The molecule has 0 aromatic heterocycles. The zero-order chi connectivity index (χ0) is 11.8. The summed E-state index contributed by atoms with van der Waals surface area (Å²) >= 11 is 0. The molecule has 0 unspecified atom stereocenters. The summed E-state index contributed by atoms with van der Waals surface area (Å²) in [6, 6.07) is 3.32. The van der Waals surface area contributed by atoms with E-state index in [1.807, 2.05) is 0 Å². The molecule has 0 saturated carbocycles. The van der Waals surface area contributed by atoms with Crippen LogP contribution in [0.2, 0.25) is 0 Å². The number of rotatable bonds is 7. The summed E-state index contributed by atoms with van der Waals surface area (Å²) < 4.78 is 30.9. The van der Waals surface area contributed by atoms with E-state index in [-0.39, 0.29) is 5.75 Å². The number of benzene rings is 1. The van der Waals surface area contributed by atoms with Gasteiger partial charge in [0.05, 0.1) is 6.61 Å². The lowest BCUT2D eigenvalue weighted by molar-refractivity contribution is 0.289. The lowest BCUT2D eigenvalue weighted by Gasteiger charge is -2.06. The van der Waals surface area contributed by atoms with Crippen LogP contribution in [0, 0.1) is 11.6 Å². The van der Waals surface area contributed by atoms with Gasteiger partial charge in [0.1, 0.15) is 5.82 Å². The Bertz CT molecular complexity index is 318. The lowest BCUT2D eigenvalue weighted by atomic mass is 10.2. The molecule has 0 saturated heterocycles. The topological polar surface area (TPSA) is 35.2 Å². The minimum Gasteiger partial charge on any atom is -0.491 e. The minimum absolute atomic E-state index is 0.111. The Kier molecular flexibility index (Phi) is 5.78. The van der Waals surface area contributed by atoms with Crippen LogP contribution in [0.4, 0.5) is 8.78 Å². The summed E-state index contributed by atoms with van der Waals surface area (Å²) in [5.41, 5.74) is 5.35. The Morgan fingerprint density at radius 2 is 1.81 bits per heavy atom. The molecular weight excluding hydrogens is 212 g/mol. The molecule has 0 amide bonds. The maximum absolute atomic E-state index is 13.1. The van der Waals surface area contributed by atoms with Gasteiger partial charge in [-0.2, -0.15) is 0 Å². The third-order valence-electron chi connectivity index (χ3n) is 2.25. The van der Waals surface area contributed by atoms with Gasteiger partial charge in [0.2, 0.25) is 0 Å². The van der Waals surface area contributed by atoms with E-state index in [9.17, 15) is 8.78 Å². The Labute approximate surface area is 94.4 Å². The van der Waals surface area contributed by atoms with Crippen LogP contribution in [0.1, 0.15) is 25.7 Å². The van der Waals surface area contributed by atoms with Gasteiger partial charge < -0.3 is 10.5 Å². The van der Waals surface area contributed by atoms with Crippen LogP contribution in [-0.4, -0.2) is 13.2 Å². The minimum atomic E-state index is -0.651. The van der Waals surface area contributed by atoms with Gasteiger partial charge in [-0.3, -0.25) is 0 Å². The quantitative estimate of drug-likeness (QED) is 0.730. The lowest BCUT2D eigenvalue weighted by Crippen LogP contribution is -2.01. The Morgan fingerprint density at radius 1 is 1.06 bits per heavy atom. The van der Waals surface area contributed by atoms with Crippen molar-refractivity contribution in [1.82, 2.24) is 0 Å². The first kappa shape index (κ1) is 12.9. The predicted octanol–water partition coefficient (Wildman–Crippen LogP) is 2.86. The van der Waals surface area contributed by atoms with Gasteiger partial charge in [0.25, 0.3) is 0 Å². The van der Waals surface area contributed by atoms with Crippen LogP contribution in [0.3, 0.4) is 0 Å². The summed E-state index contributed by atoms with van der Waals surface area (Å²) in [6.07, 6.45) is 3.94. The standard InChI is InChI=1S/C12H17F2NO/c13-10-5-6-12(11(14)9-10)16-8-4-2-1-3-7-15/h5-6,9H,1-4,7-8,15H2. The number of unbranched alkanes of at least 4 members (excludes halogenated alkanes) is 3. The van der Waals surface area contributed by atoms with Crippen molar-refractivity contribution in [3.63, 3.8) is 0 Å². The second-order valence-electron chi connectivity index (χ2n) is 3.63. The van der Waals surface area contributed by atoms with Gasteiger partial charge in [-0.15, -0.1) is 0 Å². The third kappa shape index (κ3) is 4.57. The highest BCUT2D eigenvalue weighted by molar-refractivity contribution is 5.24. The molecule has 0 spiro atoms. The molecule has 0 aliphatic rings. The average molecular weight is 229 g/mol. The molecule has 0 radical (unpaired) electrons. The van der Waals surface area contributed by atoms with E-state index in [0.717, 1.165) is 31.7 Å². The smallest absolute Gasteiger partial charge is 0.167 e. The normalized spacial score (nSPS) is 10.4. The monoisotopic (exact) mass is 229 g/mol. The van der Waals surface area contributed by atoms with E-state index in [2.05, 4.69) is 0 Å². The van der Waals surface area contributed by atoms with Crippen molar-refractivity contribution >= 4 is 0 Å². The zero-order valence-electron chi connectivity index (χ0n) is 9.22. The van der Waals surface area contributed by atoms with E-state index in [4.69, 9.17) is 10.5 Å². The molecule has 2 N–H and O–H groups in total. The van der Waals surface area contributed by atoms with Crippen molar-refractivity contribution in [2.45, 2.75) is 25.7 Å². The number of hydrogen-bond donors (Lipinski definition) is 1. The van der Waals surface area contributed by atoms with Crippen LogP contribution in [0.5, 0.6) is 5.75 Å². The molecule has 0 bridgehead atoms. The number of hydrogen-bond acceptors (Lipinski definition) is 2. The van der Waals surface area contributed by atoms with Gasteiger partial charge in [0, 0.05) is 6.07 Å². The maximum Gasteiger partial charge on any atom is 0.167 e. The van der Waals surface area contributed by atoms with E-state index in [1.54, 1.807) is 0 Å². The second-order valence-corrected chi connectivity index (χ2v) is 3.63. The second kappa shape index (κ2) is 7.17. The Morgan fingerprint density at radius 3 is 2.50 bits per heavy atom. The third-order valence-corrected chi connectivity index (χ3v) is 2.25. The van der Waals surface area contributed by atoms with E-state index >= 15 is 0 Å². The van der Waals surface area contributed by atoms with Gasteiger partial charge in [-0.1, -0.05) is 12.8 Å². The van der Waals surface area contributed by atoms with Gasteiger partial charge in [0.15, 0.2) is 11.6 Å². The Hall–Kier alpha value is -1.16. The first-order valence-corrected chi connectivity index (χ1v) is 5.52. The van der Waals surface area contributed by atoms with Crippen LogP contribution in [-0.2, 0) is 0 Å². The van der Waals surface area contributed by atoms with Crippen molar-refractivity contribution in [2.24, 2.45) is 5.73 Å². The van der Waals surface area contributed by atoms with Crippen molar-refractivity contribution in [2.75, 3.05) is 13.2 Å². The van der Waals surface area contributed by atoms with Crippen molar-refractivity contribution in [3.05, 3.63) is 29.8 Å². The van der Waals surface area contributed by atoms with Crippen LogP contribution in [0.25, 0.3) is 0 Å². The van der Waals surface area contributed by atoms with Crippen molar-refractivity contribution < 1.29 is 13.5 Å². The highest BCUT2D eigenvalue weighted by Gasteiger charge is 2.03. The number of halogens is 2. The molecule has 0 aliphatic carbocycles. The number of nitrogens with two attached hydrogens (primary N) is 1. The van der Waals surface area contributed by atoms with E-state index in [0.29, 0.717) is 13.2 Å². The van der Waals surface area contributed by atoms with Gasteiger partial charge >= 0.3 is 0 Å². The molecule has 1 aromatic rings. The molecular formula is C12H17F2NO. The molecule has 1 rings (SSSR count). The fourth-order valence-corrected chi connectivity index (χ4v) is 1.37. The molecule has 1 aromatic carbocycles. The van der Waals surface area contributed by atoms with Crippen molar-refractivity contribution in [3.8, 4) is 5.75 Å². The summed E-state index contributed by atoms with van der Waals surface area (Å²) in [4.78, 5) is 0. The average Bonchev–Trinajstić information content (AvgIpc) is 2.26. The molecule has 4 heteroatoms. The predicted molar refractivity (Wildman–Crippen MR) is 59.4 cm³/mol. The maximum atomic E-state index is 13.1. The summed E-state index contributed by atoms with van der Waals surface area (Å²) in [5, 5.41) is 0. The van der Waals surface area contributed by atoms with Crippen LogP contribution < -0.4 is 10.5 Å². The largest absolute Gasteiger partial charge is 0.491 e. The summed E-state index contributed by atoms with van der Waals surface area (Å²) in [7, 11) is 0.